The minimum Gasteiger partial charge on any atom is -0.323 e. The molecule has 1 N–H and O–H groups in total. The van der Waals surface area contributed by atoms with Crippen molar-refractivity contribution in [2.75, 3.05) is 14.1 Å². The molecule has 1 nitrogen and oxygen atoms in total. The summed E-state index contributed by atoms with van der Waals surface area (Å²) >= 11 is 0. The van der Waals surface area contributed by atoms with Crippen molar-refractivity contribution in [1.82, 2.24) is 5.32 Å². The summed E-state index contributed by atoms with van der Waals surface area (Å²) in [5.74, 6) is 0. The van der Waals surface area contributed by atoms with Crippen LogP contribution < -0.4 is 5.32 Å². The summed E-state index contributed by atoms with van der Waals surface area (Å²) in [5.41, 5.74) is 0. The maximum atomic E-state index is 2.75. The van der Waals surface area contributed by atoms with Gasteiger partial charge in [-0.2, -0.15) is 0 Å². The first-order chi connectivity index (χ1) is 1.41. The molecule has 0 aliphatic carbocycles. The first kappa shape index (κ1) is 16.6. The van der Waals surface area contributed by atoms with E-state index in [1.165, 1.54) is 0 Å². The maximum absolute atomic E-state index is 2.75. The Bertz CT molecular complexity index is 9.61. The van der Waals surface area contributed by atoms with Crippen LogP contribution in [-0.4, -0.2) is 37.1 Å². The fourth-order valence-electron chi connectivity index (χ4n) is 0. The van der Waals surface area contributed by atoms with E-state index in [1.807, 2.05) is 14.1 Å². The van der Waals surface area contributed by atoms with Crippen LogP contribution in [0.1, 0.15) is 0 Å². The topological polar surface area (TPSA) is 12.0 Å². The van der Waals surface area contributed by atoms with Crippen molar-refractivity contribution in [3.05, 3.63) is 0 Å². The lowest BCUT2D eigenvalue weighted by atomic mass is 11.3. The molecule has 0 amide bonds. The third-order valence-corrected chi connectivity index (χ3v) is 0. The van der Waals surface area contributed by atoms with Crippen LogP contribution in [0.2, 0.25) is 0 Å². The Kier molecular flexibility index (Phi) is 66.2. The summed E-state index contributed by atoms with van der Waals surface area (Å²) in [7, 11) is 3.75. The summed E-state index contributed by atoms with van der Waals surface area (Å²) < 4.78 is 0. The summed E-state index contributed by atoms with van der Waals surface area (Å²) in [6, 6.07) is 0. The summed E-state index contributed by atoms with van der Waals surface area (Å²) in [6.07, 6.45) is 0. The minimum atomic E-state index is 0. The van der Waals surface area contributed by atoms with Gasteiger partial charge in [-0.25, -0.2) is 0 Å². The summed E-state index contributed by atoms with van der Waals surface area (Å²) in [4.78, 5) is 0. The van der Waals surface area contributed by atoms with Gasteiger partial charge in [-0.15, -0.1) is 12.4 Å². The predicted octanol–water partition coefficient (Wildman–Crippen LogP) is -0.659. The van der Waals surface area contributed by atoms with Crippen molar-refractivity contribution in [3.63, 3.8) is 0 Å². The van der Waals surface area contributed by atoms with E-state index in [2.05, 4.69) is 5.32 Å². The van der Waals surface area contributed by atoms with Gasteiger partial charge < -0.3 is 5.32 Å². The number of rotatable bonds is 0. The van der Waals surface area contributed by atoms with Crippen LogP contribution in [0, 0.1) is 0 Å². The molecule has 0 aliphatic heterocycles. The summed E-state index contributed by atoms with van der Waals surface area (Å²) in [6.45, 7) is 0. The van der Waals surface area contributed by atoms with Gasteiger partial charge in [0, 0.05) is 0 Å². The molecule has 0 atom stereocenters. The average molecular weight is 108 g/mol. The highest BCUT2D eigenvalue weighted by molar-refractivity contribution is 5.85. The molecule has 5 heavy (non-hydrogen) atoms. The standard InChI is InChI=1S/C2H7N.ClH.Mg.2H/c1-3-2;;;;/h3H,1-2H3;1H;;;. The van der Waals surface area contributed by atoms with Crippen molar-refractivity contribution < 1.29 is 0 Å². The second-order valence-electron chi connectivity index (χ2n) is 0.500. The molecule has 0 rings (SSSR count). The van der Waals surface area contributed by atoms with Crippen molar-refractivity contribution in [3.8, 4) is 0 Å². The highest BCUT2D eigenvalue weighted by Crippen LogP contribution is 0.981. The Hall–Kier alpha value is 1.02. The Morgan fingerprint density at radius 2 is 1.20 bits per heavy atom. The van der Waals surface area contributed by atoms with Crippen LogP contribution in [-0.2, 0) is 0 Å². The lowest BCUT2D eigenvalue weighted by Crippen LogP contribution is -1.89. The Morgan fingerprint density at radius 3 is 1.20 bits per heavy atom. The van der Waals surface area contributed by atoms with E-state index in [4.69, 9.17) is 0 Å². The summed E-state index contributed by atoms with van der Waals surface area (Å²) in [5, 5.41) is 2.75. The lowest BCUT2D eigenvalue weighted by Gasteiger charge is -1.59. The molecule has 0 bridgehead atoms. The highest BCUT2D eigenvalue weighted by Gasteiger charge is 1.25. The molecule has 0 heterocycles. The smallest absolute Gasteiger partial charge is 0.316 e. The molecular formula is C2H10ClMgN. The van der Waals surface area contributed by atoms with Gasteiger partial charge in [-0.05, 0) is 14.1 Å². The lowest BCUT2D eigenvalue weighted by molar-refractivity contribution is 1.02. The van der Waals surface area contributed by atoms with E-state index in [9.17, 15) is 0 Å². The van der Waals surface area contributed by atoms with Gasteiger partial charge in [-0.1, -0.05) is 0 Å². The van der Waals surface area contributed by atoms with Crippen LogP contribution in [0.5, 0.6) is 0 Å². The predicted molar refractivity (Wildman–Crippen MR) is 30.8 cm³/mol. The third kappa shape index (κ3) is 44.2. The zero-order valence-electron chi connectivity index (χ0n) is 2.91. The third-order valence-electron chi connectivity index (χ3n) is 0. The second-order valence-corrected chi connectivity index (χ2v) is 0.500. The van der Waals surface area contributed by atoms with E-state index in [0.29, 0.717) is 0 Å². The largest absolute Gasteiger partial charge is 0.323 e. The van der Waals surface area contributed by atoms with Crippen molar-refractivity contribution in [2.45, 2.75) is 0 Å². The van der Waals surface area contributed by atoms with Gasteiger partial charge in [0.15, 0.2) is 0 Å². The Balaban J connectivity index is -0.0000000200. The number of halogens is 1. The van der Waals surface area contributed by atoms with Crippen LogP contribution in [0.25, 0.3) is 0 Å². The van der Waals surface area contributed by atoms with Crippen molar-refractivity contribution in [1.29, 1.82) is 0 Å². The van der Waals surface area contributed by atoms with Gasteiger partial charge in [-0.3, -0.25) is 0 Å². The van der Waals surface area contributed by atoms with Crippen LogP contribution in [0.4, 0.5) is 0 Å². The van der Waals surface area contributed by atoms with Gasteiger partial charge in [0.05, 0.1) is 0 Å². The molecular weight excluding hydrogens is 97.8 g/mol. The average Bonchev–Trinajstić information content (AvgIpc) is 0.918. The van der Waals surface area contributed by atoms with E-state index in [0.717, 1.165) is 0 Å². The molecule has 0 aliphatic rings. The Morgan fingerprint density at radius 1 is 1.20 bits per heavy atom. The van der Waals surface area contributed by atoms with Crippen LogP contribution in [0.3, 0.4) is 0 Å². The van der Waals surface area contributed by atoms with Gasteiger partial charge in [0.25, 0.3) is 0 Å². The molecule has 0 saturated carbocycles. The van der Waals surface area contributed by atoms with Crippen LogP contribution in [0.15, 0.2) is 0 Å². The zero-order chi connectivity index (χ0) is 2.71. The monoisotopic (exact) mass is 107 g/mol. The van der Waals surface area contributed by atoms with E-state index < -0.39 is 0 Å². The SMILES string of the molecule is CNC.Cl.[MgH2]. The van der Waals surface area contributed by atoms with E-state index >= 15 is 0 Å². The molecule has 0 unspecified atom stereocenters. The minimum absolute atomic E-state index is 0. The number of hydrogen-bond acceptors (Lipinski definition) is 1. The van der Waals surface area contributed by atoms with Crippen molar-refractivity contribution in [2.24, 2.45) is 0 Å². The fraction of sp³-hybridized carbons (Fsp3) is 1.00. The zero-order valence-corrected chi connectivity index (χ0v) is 3.72. The normalized spacial score (nSPS) is 3.60. The molecule has 0 radical (unpaired) electrons. The molecule has 0 saturated heterocycles. The maximum Gasteiger partial charge on any atom is 0.316 e. The van der Waals surface area contributed by atoms with Crippen LogP contribution >= 0.6 is 12.4 Å². The fourth-order valence-corrected chi connectivity index (χ4v) is 0. The van der Waals surface area contributed by atoms with E-state index in [-0.39, 0.29) is 35.5 Å². The molecule has 0 aromatic rings. The molecule has 0 aromatic carbocycles. The molecule has 3 heteroatoms. The van der Waals surface area contributed by atoms with Crippen molar-refractivity contribution >= 4 is 35.5 Å². The van der Waals surface area contributed by atoms with Gasteiger partial charge in [0.2, 0.25) is 0 Å². The quantitative estimate of drug-likeness (QED) is 0.406. The first-order valence-corrected chi connectivity index (χ1v) is 1.00. The Labute approximate surface area is 55.1 Å². The molecule has 0 aromatic heterocycles. The highest BCUT2D eigenvalue weighted by atomic mass is 35.5. The van der Waals surface area contributed by atoms with Gasteiger partial charge >= 0.3 is 23.1 Å². The molecule has 0 fully saturated rings. The van der Waals surface area contributed by atoms with Gasteiger partial charge in [0.1, 0.15) is 0 Å². The molecule has 32 valence electrons. The number of nitrogens with one attached hydrogen (secondary N) is 1. The second kappa shape index (κ2) is 19.9. The first-order valence-electron chi connectivity index (χ1n) is 1.00. The molecule has 0 spiro atoms. The number of hydrogen-bond donors (Lipinski definition) is 1. The van der Waals surface area contributed by atoms with E-state index in [1.54, 1.807) is 0 Å².